The van der Waals surface area contributed by atoms with Gasteiger partial charge in [0.15, 0.2) is 0 Å². The summed E-state index contributed by atoms with van der Waals surface area (Å²) in [6, 6.07) is 1.80. The van der Waals surface area contributed by atoms with E-state index in [2.05, 4.69) is 20.6 Å². The van der Waals surface area contributed by atoms with Crippen molar-refractivity contribution >= 4 is 11.6 Å². The summed E-state index contributed by atoms with van der Waals surface area (Å²) in [5.41, 5.74) is 0. The van der Waals surface area contributed by atoms with E-state index in [0.717, 1.165) is 5.82 Å². The van der Waals surface area contributed by atoms with Gasteiger partial charge in [-0.05, 0) is 5.92 Å². The molecule has 0 spiro atoms. The van der Waals surface area contributed by atoms with E-state index in [4.69, 9.17) is 0 Å². The largest absolute Gasteiger partial charge is 0.391 e. The molecule has 0 aliphatic heterocycles. The third-order valence-corrected chi connectivity index (χ3v) is 2.19. The van der Waals surface area contributed by atoms with Gasteiger partial charge in [0.2, 0.25) is 0 Å². The fraction of sp³-hybridized carbons (Fsp3) is 0.600. The zero-order chi connectivity index (χ0) is 11.3. The van der Waals surface area contributed by atoms with Crippen LogP contribution in [0.25, 0.3) is 0 Å². The van der Waals surface area contributed by atoms with E-state index in [-0.39, 0.29) is 12.0 Å². The number of hydrogen-bond acceptors (Lipinski definition) is 5. The molecule has 0 fully saturated rings. The normalized spacial score (nSPS) is 12.6. The first-order valence-corrected chi connectivity index (χ1v) is 5.05. The Kier molecular flexibility index (Phi) is 4.30. The minimum absolute atomic E-state index is 0.239. The third kappa shape index (κ3) is 3.71. The van der Waals surface area contributed by atoms with Gasteiger partial charge in [-0.25, -0.2) is 9.97 Å². The molecule has 1 heterocycles. The molecule has 0 amide bonds. The second kappa shape index (κ2) is 5.50. The van der Waals surface area contributed by atoms with E-state index in [0.29, 0.717) is 12.4 Å². The Morgan fingerprint density at radius 1 is 1.33 bits per heavy atom. The van der Waals surface area contributed by atoms with Crippen molar-refractivity contribution in [2.75, 3.05) is 24.2 Å². The Labute approximate surface area is 90.0 Å². The Morgan fingerprint density at radius 2 is 2.00 bits per heavy atom. The number of nitrogens with zero attached hydrogens (tertiary/aromatic N) is 2. The lowest BCUT2D eigenvalue weighted by molar-refractivity contribution is 0.138. The number of anilines is 2. The summed E-state index contributed by atoms with van der Waals surface area (Å²) < 4.78 is 0. The molecule has 0 bridgehead atoms. The van der Waals surface area contributed by atoms with Crippen molar-refractivity contribution in [1.82, 2.24) is 9.97 Å². The molecule has 15 heavy (non-hydrogen) atoms. The number of nitrogens with one attached hydrogen (secondary N) is 2. The van der Waals surface area contributed by atoms with Gasteiger partial charge < -0.3 is 15.7 Å². The minimum Gasteiger partial charge on any atom is -0.391 e. The summed E-state index contributed by atoms with van der Waals surface area (Å²) in [4.78, 5) is 8.04. The highest BCUT2D eigenvalue weighted by molar-refractivity contribution is 5.45. The van der Waals surface area contributed by atoms with Crippen LogP contribution < -0.4 is 10.6 Å². The lowest BCUT2D eigenvalue weighted by Crippen LogP contribution is -2.25. The van der Waals surface area contributed by atoms with Crippen LogP contribution >= 0.6 is 0 Å². The molecule has 1 unspecified atom stereocenters. The quantitative estimate of drug-likeness (QED) is 0.675. The molecule has 84 valence electrons. The van der Waals surface area contributed by atoms with Crippen molar-refractivity contribution in [3.05, 3.63) is 12.4 Å². The first-order chi connectivity index (χ1) is 7.13. The SMILES string of the molecule is CNc1cc(NCC(O)C(C)C)ncn1. The maximum absolute atomic E-state index is 9.59. The van der Waals surface area contributed by atoms with Gasteiger partial charge in [-0.1, -0.05) is 13.8 Å². The Hall–Kier alpha value is -1.36. The van der Waals surface area contributed by atoms with Crippen LogP contribution in [0.3, 0.4) is 0 Å². The first-order valence-electron chi connectivity index (χ1n) is 5.05. The molecule has 5 nitrogen and oxygen atoms in total. The number of aliphatic hydroxyl groups is 1. The van der Waals surface area contributed by atoms with E-state index in [1.807, 2.05) is 13.8 Å². The Morgan fingerprint density at radius 3 is 2.60 bits per heavy atom. The first kappa shape index (κ1) is 11.7. The van der Waals surface area contributed by atoms with Crippen LogP contribution in [0.15, 0.2) is 12.4 Å². The maximum Gasteiger partial charge on any atom is 0.131 e. The van der Waals surface area contributed by atoms with Gasteiger partial charge in [-0.3, -0.25) is 0 Å². The van der Waals surface area contributed by atoms with Gasteiger partial charge in [0, 0.05) is 19.7 Å². The number of hydrogen-bond donors (Lipinski definition) is 3. The Balaban J connectivity index is 2.50. The predicted octanol–water partition coefficient (Wildman–Crippen LogP) is 0.947. The predicted molar refractivity (Wildman–Crippen MR) is 60.9 cm³/mol. The molecule has 1 aromatic rings. The summed E-state index contributed by atoms with van der Waals surface area (Å²) in [6.07, 6.45) is 1.12. The number of aromatic nitrogens is 2. The fourth-order valence-corrected chi connectivity index (χ4v) is 1.04. The van der Waals surface area contributed by atoms with Crippen LogP contribution in [0.2, 0.25) is 0 Å². The molecule has 1 atom stereocenters. The molecule has 0 radical (unpaired) electrons. The highest BCUT2D eigenvalue weighted by Gasteiger charge is 2.08. The molecular formula is C10H18N4O. The molecule has 0 aromatic carbocycles. The molecule has 0 aliphatic rings. The van der Waals surface area contributed by atoms with Crippen LogP contribution in [-0.4, -0.2) is 34.8 Å². The van der Waals surface area contributed by atoms with Crippen molar-refractivity contribution in [3.8, 4) is 0 Å². The third-order valence-electron chi connectivity index (χ3n) is 2.19. The zero-order valence-electron chi connectivity index (χ0n) is 9.36. The minimum atomic E-state index is -0.363. The average molecular weight is 210 g/mol. The molecule has 5 heteroatoms. The van der Waals surface area contributed by atoms with Gasteiger partial charge in [-0.2, -0.15) is 0 Å². The molecule has 1 rings (SSSR count). The van der Waals surface area contributed by atoms with Crippen LogP contribution in [-0.2, 0) is 0 Å². The zero-order valence-corrected chi connectivity index (χ0v) is 9.36. The van der Waals surface area contributed by atoms with E-state index >= 15 is 0 Å². The summed E-state index contributed by atoms with van der Waals surface area (Å²) in [5, 5.41) is 15.6. The standard InChI is InChI=1S/C10H18N4O/c1-7(2)8(15)5-12-10-4-9(11-3)13-6-14-10/h4,6-8,15H,5H2,1-3H3,(H2,11,12,13,14). The maximum atomic E-state index is 9.59. The second-order valence-electron chi connectivity index (χ2n) is 3.73. The van der Waals surface area contributed by atoms with Crippen molar-refractivity contribution in [2.24, 2.45) is 5.92 Å². The van der Waals surface area contributed by atoms with E-state index in [1.54, 1.807) is 13.1 Å². The average Bonchev–Trinajstić information content (AvgIpc) is 2.26. The van der Waals surface area contributed by atoms with E-state index < -0.39 is 0 Å². The monoisotopic (exact) mass is 210 g/mol. The van der Waals surface area contributed by atoms with E-state index in [1.165, 1.54) is 6.33 Å². The van der Waals surface area contributed by atoms with Gasteiger partial charge >= 0.3 is 0 Å². The highest BCUT2D eigenvalue weighted by atomic mass is 16.3. The number of aliphatic hydroxyl groups excluding tert-OH is 1. The van der Waals surface area contributed by atoms with Gasteiger partial charge in [0.05, 0.1) is 6.10 Å². The molecule has 3 N–H and O–H groups in total. The summed E-state index contributed by atoms with van der Waals surface area (Å²) in [6.45, 7) is 4.45. The highest BCUT2D eigenvalue weighted by Crippen LogP contribution is 2.08. The smallest absolute Gasteiger partial charge is 0.131 e. The summed E-state index contributed by atoms with van der Waals surface area (Å²) in [5.74, 6) is 1.71. The van der Waals surface area contributed by atoms with Gasteiger partial charge in [0.25, 0.3) is 0 Å². The summed E-state index contributed by atoms with van der Waals surface area (Å²) in [7, 11) is 1.80. The molecule has 1 aromatic heterocycles. The Bertz CT molecular complexity index is 303. The van der Waals surface area contributed by atoms with Gasteiger partial charge in [0.1, 0.15) is 18.0 Å². The van der Waals surface area contributed by atoms with Crippen molar-refractivity contribution < 1.29 is 5.11 Å². The van der Waals surface area contributed by atoms with Crippen molar-refractivity contribution in [1.29, 1.82) is 0 Å². The molecule has 0 saturated carbocycles. The number of rotatable bonds is 5. The van der Waals surface area contributed by atoms with Crippen LogP contribution in [0.4, 0.5) is 11.6 Å². The van der Waals surface area contributed by atoms with E-state index in [9.17, 15) is 5.11 Å². The molecular weight excluding hydrogens is 192 g/mol. The lowest BCUT2D eigenvalue weighted by atomic mass is 10.1. The second-order valence-corrected chi connectivity index (χ2v) is 3.73. The van der Waals surface area contributed by atoms with Crippen molar-refractivity contribution in [2.45, 2.75) is 20.0 Å². The fourth-order valence-electron chi connectivity index (χ4n) is 1.04. The van der Waals surface area contributed by atoms with Crippen LogP contribution in [0.5, 0.6) is 0 Å². The lowest BCUT2D eigenvalue weighted by Gasteiger charge is -2.15. The van der Waals surface area contributed by atoms with Crippen molar-refractivity contribution in [3.63, 3.8) is 0 Å². The van der Waals surface area contributed by atoms with Crippen LogP contribution in [0.1, 0.15) is 13.8 Å². The van der Waals surface area contributed by atoms with Gasteiger partial charge in [-0.15, -0.1) is 0 Å². The summed E-state index contributed by atoms with van der Waals surface area (Å²) >= 11 is 0. The topological polar surface area (TPSA) is 70.1 Å². The molecule has 0 aliphatic carbocycles. The molecule has 0 saturated heterocycles. The van der Waals surface area contributed by atoms with Crippen LogP contribution in [0, 0.1) is 5.92 Å².